The fraction of sp³-hybridized carbons (Fsp3) is 0.333. The molecule has 3 aromatic rings. The van der Waals surface area contributed by atoms with Crippen LogP contribution in [0.5, 0.6) is 5.75 Å². The van der Waals surface area contributed by atoms with E-state index >= 15 is 0 Å². The Hall–Kier alpha value is -2.18. The SMILES string of the molecule is CC(NCc1ccccc1OCc1cscn1)C(C)n1cccn1. The molecule has 0 saturated heterocycles. The van der Waals surface area contributed by atoms with Crippen LogP contribution in [0, 0.1) is 0 Å². The largest absolute Gasteiger partial charge is 0.487 e. The highest BCUT2D eigenvalue weighted by molar-refractivity contribution is 7.07. The monoisotopic (exact) mass is 342 g/mol. The lowest BCUT2D eigenvalue weighted by Crippen LogP contribution is -2.33. The number of para-hydroxylation sites is 1. The summed E-state index contributed by atoms with van der Waals surface area (Å²) in [6.45, 7) is 5.58. The first kappa shape index (κ1) is 16.7. The van der Waals surface area contributed by atoms with Crippen LogP contribution in [0.15, 0.2) is 53.6 Å². The van der Waals surface area contributed by atoms with E-state index < -0.39 is 0 Å². The Morgan fingerprint density at radius 2 is 2.12 bits per heavy atom. The molecule has 0 aliphatic rings. The van der Waals surface area contributed by atoms with Crippen molar-refractivity contribution in [2.75, 3.05) is 0 Å². The lowest BCUT2D eigenvalue weighted by molar-refractivity contribution is 0.296. The smallest absolute Gasteiger partial charge is 0.131 e. The number of aromatic nitrogens is 3. The van der Waals surface area contributed by atoms with Gasteiger partial charge in [-0.3, -0.25) is 4.68 Å². The molecule has 0 radical (unpaired) electrons. The van der Waals surface area contributed by atoms with Gasteiger partial charge >= 0.3 is 0 Å². The first-order valence-corrected chi connectivity index (χ1v) is 8.98. The van der Waals surface area contributed by atoms with Gasteiger partial charge in [0.1, 0.15) is 12.4 Å². The molecule has 0 spiro atoms. The van der Waals surface area contributed by atoms with Gasteiger partial charge in [0.15, 0.2) is 0 Å². The van der Waals surface area contributed by atoms with Gasteiger partial charge in [-0.1, -0.05) is 18.2 Å². The highest BCUT2D eigenvalue weighted by atomic mass is 32.1. The van der Waals surface area contributed by atoms with Gasteiger partial charge in [0.25, 0.3) is 0 Å². The summed E-state index contributed by atoms with van der Waals surface area (Å²) in [5.41, 5.74) is 3.93. The van der Waals surface area contributed by atoms with Crippen molar-refractivity contribution in [2.24, 2.45) is 0 Å². The molecule has 1 aromatic carbocycles. The van der Waals surface area contributed by atoms with Crippen LogP contribution in [0.25, 0.3) is 0 Å². The van der Waals surface area contributed by atoms with Crippen LogP contribution in [0.1, 0.15) is 31.1 Å². The number of thiazole rings is 1. The molecule has 2 unspecified atom stereocenters. The van der Waals surface area contributed by atoms with Crippen LogP contribution in [0.2, 0.25) is 0 Å². The third-order valence-electron chi connectivity index (χ3n) is 4.11. The Labute approximate surface area is 146 Å². The van der Waals surface area contributed by atoms with Crippen molar-refractivity contribution in [3.8, 4) is 5.75 Å². The maximum atomic E-state index is 5.93. The van der Waals surface area contributed by atoms with Crippen LogP contribution >= 0.6 is 11.3 Å². The average Bonchev–Trinajstić information content (AvgIpc) is 3.31. The summed E-state index contributed by atoms with van der Waals surface area (Å²) in [6, 6.07) is 10.6. The Bertz CT molecular complexity index is 727. The fourth-order valence-corrected chi connectivity index (χ4v) is 2.99. The number of nitrogens with one attached hydrogen (secondary N) is 1. The van der Waals surface area contributed by atoms with Gasteiger partial charge in [-0.2, -0.15) is 5.10 Å². The lowest BCUT2D eigenvalue weighted by Gasteiger charge is -2.22. The molecule has 0 amide bonds. The molecule has 0 saturated carbocycles. The van der Waals surface area contributed by atoms with E-state index in [1.54, 1.807) is 11.3 Å². The molecule has 126 valence electrons. The molecule has 3 rings (SSSR count). The van der Waals surface area contributed by atoms with E-state index in [9.17, 15) is 0 Å². The van der Waals surface area contributed by atoms with Gasteiger partial charge in [-0.05, 0) is 26.0 Å². The highest BCUT2D eigenvalue weighted by Gasteiger charge is 2.14. The predicted octanol–water partition coefficient (Wildman–Crippen LogP) is 3.66. The Kier molecular flexibility index (Phi) is 5.61. The summed E-state index contributed by atoms with van der Waals surface area (Å²) in [5, 5.41) is 9.89. The van der Waals surface area contributed by atoms with Crippen molar-refractivity contribution in [1.82, 2.24) is 20.1 Å². The van der Waals surface area contributed by atoms with Crippen molar-refractivity contribution in [2.45, 2.75) is 39.1 Å². The molecule has 1 N–H and O–H groups in total. The molecule has 24 heavy (non-hydrogen) atoms. The van der Waals surface area contributed by atoms with Crippen molar-refractivity contribution in [1.29, 1.82) is 0 Å². The molecule has 2 heterocycles. The average molecular weight is 342 g/mol. The quantitative estimate of drug-likeness (QED) is 0.679. The Morgan fingerprint density at radius 3 is 2.88 bits per heavy atom. The summed E-state index contributed by atoms with van der Waals surface area (Å²) in [6.07, 6.45) is 3.80. The van der Waals surface area contributed by atoms with Crippen molar-refractivity contribution in [3.05, 3.63) is 64.9 Å². The number of hydrogen-bond donors (Lipinski definition) is 1. The summed E-state index contributed by atoms with van der Waals surface area (Å²) < 4.78 is 7.91. The first-order chi connectivity index (χ1) is 11.7. The first-order valence-electron chi connectivity index (χ1n) is 8.04. The van der Waals surface area contributed by atoms with Crippen molar-refractivity contribution < 1.29 is 4.74 Å². The topological polar surface area (TPSA) is 52.0 Å². The minimum Gasteiger partial charge on any atom is -0.487 e. The van der Waals surface area contributed by atoms with Gasteiger partial charge in [0.2, 0.25) is 0 Å². The summed E-state index contributed by atoms with van der Waals surface area (Å²) in [5.74, 6) is 0.900. The number of nitrogens with zero attached hydrogens (tertiary/aromatic N) is 3. The van der Waals surface area contributed by atoms with Gasteiger partial charge in [-0.25, -0.2) is 4.98 Å². The minimum absolute atomic E-state index is 0.281. The van der Waals surface area contributed by atoms with E-state index in [0.29, 0.717) is 6.61 Å². The van der Waals surface area contributed by atoms with Gasteiger partial charge in [0, 0.05) is 35.9 Å². The van der Waals surface area contributed by atoms with Crippen LogP contribution in [-0.4, -0.2) is 20.8 Å². The Morgan fingerprint density at radius 1 is 1.25 bits per heavy atom. The van der Waals surface area contributed by atoms with Gasteiger partial charge < -0.3 is 10.1 Å². The standard InChI is InChI=1S/C18H22N4OS/c1-14(15(2)22-9-5-8-21-22)19-10-16-6-3-4-7-18(16)23-11-17-12-24-13-20-17/h3-9,12-15,19H,10-11H2,1-2H3. The molecular weight excluding hydrogens is 320 g/mol. The zero-order valence-electron chi connectivity index (χ0n) is 13.9. The van der Waals surface area contributed by atoms with E-state index in [-0.39, 0.29) is 12.1 Å². The van der Waals surface area contributed by atoms with E-state index in [1.807, 2.05) is 52.2 Å². The molecule has 0 fully saturated rings. The highest BCUT2D eigenvalue weighted by Crippen LogP contribution is 2.20. The van der Waals surface area contributed by atoms with E-state index in [2.05, 4.69) is 35.3 Å². The van der Waals surface area contributed by atoms with Gasteiger partial charge in [-0.15, -0.1) is 11.3 Å². The van der Waals surface area contributed by atoms with Crippen LogP contribution < -0.4 is 10.1 Å². The zero-order valence-corrected chi connectivity index (χ0v) is 14.7. The molecule has 0 aliphatic heterocycles. The molecule has 0 aliphatic carbocycles. The minimum atomic E-state index is 0.281. The van der Waals surface area contributed by atoms with E-state index in [0.717, 1.165) is 23.6 Å². The lowest BCUT2D eigenvalue weighted by atomic mass is 10.1. The molecule has 0 bridgehead atoms. The number of hydrogen-bond acceptors (Lipinski definition) is 5. The van der Waals surface area contributed by atoms with Crippen molar-refractivity contribution >= 4 is 11.3 Å². The second-order valence-corrected chi connectivity index (χ2v) is 6.49. The summed E-state index contributed by atoms with van der Waals surface area (Å²) in [4.78, 5) is 4.26. The second kappa shape index (κ2) is 8.08. The molecule has 6 heteroatoms. The molecule has 5 nitrogen and oxygen atoms in total. The summed E-state index contributed by atoms with van der Waals surface area (Å²) in [7, 11) is 0. The molecule has 2 aromatic heterocycles. The fourth-order valence-electron chi connectivity index (χ4n) is 2.44. The second-order valence-electron chi connectivity index (χ2n) is 5.77. The Balaban J connectivity index is 1.58. The van der Waals surface area contributed by atoms with E-state index in [4.69, 9.17) is 4.74 Å². The van der Waals surface area contributed by atoms with Gasteiger partial charge in [0.05, 0.1) is 17.2 Å². The number of benzene rings is 1. The number of rotatable bonds is 8. The summed E-state index contributed by atoms with van der Waals surface area (Å²) >= 11 is 1.58. The third-order valence-corrected chi connectivity index (χ3v) is 4.75. The molecular formula is C18H22N4OS. The maximum absolute atomic E-state index is 5.93. The van der Waals surface area contributed by atoms with Crippen LogP contribution in [0.3, 0.4) is 0 Å². The van der Waals surface area contributed by atoms with Crippen molar-refractivity contribution in [3.63, 3.8) is 0 Å². The van der Waals surface area contributed by atoms with Crippen LogP contribution in [0.4, 0.5) is 0 Å². The third kappa shape index (κ3) is 4.21. The van der Waals surface area contributed by atoms with Crippen LogP contribution in [-0.2, 0) is 13.2 Å². The van der Waals surface area contributed by atoms with E-state index in [1.165, 1.54) is 0 Å². The number of ether oxygens (including phenoxy) is 1. The zero-order chi connectivity index (χ0) is 16.8. The maximum Gasteiger partial charge on any atom is 0.131 e. The normalized spacial score (nSPS) is 13.6. The molecule has 2 atom stereocenters. The predicted molar refractivity (Wildman–Crippen MR) is 96.1 cm³/mol.